The van der Waals surface area contributed by atoms with Crippen LogP contribution >= 0.6 is 0 Å². The van der Waals surface area contributed by atoms with Crippen molar-refractivity contribution in [2.24, 2.45) is 5.73 Å². The third kappa shape index (κ3) is 2.85. The average molecular weight is 203 g/mol. The van der Waals surface area contributed by atoms with E-state index in [1.54, 1.807) is 19.1 Å². The minimum Gasteiger partial charge on any atom is -0.478 e. The molecule has 0 unspecified atom stereocenters. The summed E-state index contributed by atoms with van der Waals surface area (Å²) in [5, 5.41) is 8.87. The first-order chi connectivity index (χ1) is 7.00. The molecule has 1 rings (SSSR count). The topological polar surface area (TPSA) is 80.4 Å². The van der Waals surface area contributed by atoms with Crippen LogP contribution in [-0.2, 0) is 4.79 Å². The first-order valence-electron chi connectivity index (χ1n) is 4.16. The second-order valence-electron chi connectivity index (χ2n) is 2.97. The highest BCUT2D eigenvalue weighted by Crippen LogP contribution is 2.10. The van der Waals surface area contributed by atoms with E-state index in [1.807, 2.05) is 0 Å². The van der Waals surface area contributed by atoms with E-state index in [-0.39, 0.29) is 11.1 Å². The first kappa shape index (κ1) is 10.8. The van der Waals surface area contributed by atoms with Crippen molar-refractivity contribution in [3.63, 3.8) is 0 Å². The van der Waals surface area contributed by atoms with Gasteiger partial charge in [0, 0.05) is 11.5 Å². The Bertz CT molecular complexity index is 480. The lowest BCUT2D eigenvalue weighted by Gasteiger charge is -1.99. The van der Waals surface area contributed by atoms with Crippen molar-refractivity contribution < 1.29 is 14.7 Å². The number of amides is 1. The highest BCUT2D eigenvalue weighted by Gasteiger charge is 2.07. The van der Waals surface area contributed by atoms with Crippen molar-refractivity contribution in [3.8, 4) is 11.8 Å². The molecule has 0 aliphatic rings. The molecule has 0 atom stereocenters. The Morgan fingerprint density at radius 3 is 2.60 bits per heavy atom. The summed E-state index contributed by atoms with van der Waals surface area (Å²) in [5.74, 6) is 2.66. The van der Waals surface area contributed by atoms with Crippen molar-refractivity contribution in [3.05, 3.63) is 34.9 Å². The monoisotopic (exact) mass is 203 g/mol. The Hall–Kier alpha value is -2.28. The summed E-state index contributed by atoms with van der Waals surface area (Å²) in [6.45, 7) is 1.78. The Labute approximate surface area is 86.7 Å². The smallest absolute Gasteiger partial charge is 0.336 e. The van der Waals surface area contributed by atoms with Gasteiger partial charge in [-0.25, -0.2) is 4.79 Å². The summed E-state index contributed by atoms with van der Waals surface area (Å²) in [6.07, 6.45) is 0. The van der Waals surface area contributed by atoms with Gasteiger partial charge < -0.3 is 10.8 Å². The third-order valence-electron chi connectivity index (χ3n) is 1.73. The Morgan fingerprint density at radius 1 is 1.40 bits per heavy atom. The Morgan fingerprint density at radius 2 is 2.07 bits per heavy atom. The van der Waals surface area contributed by atoms with Gasteiger partial charge in [-0.2, -0.15) is 0 Å². The molecule has 0 fully saturated rings. The van der Waals surface area contributed by atoms with Crippen molar-refractivity contribution in [2.45, 2.75) is 6.92 Å². The largest absolute Gasteiger partial charge is 0.478 e. The maximum Gasteiger partial charge on any atom is 0.336 e. The van der Waals surface area contributed by atoms with E-state index in [2.05, 4.69) is 11.8 Å². The molecular weight excluding hydrogens is 194 g/mol. The number of aryl methyl sites for hydroxylation is 1. The number of carbonyl (C=O) groups is 2. The van der Waals surface area contributed by atoms with E-state index in [4.69, 9.17) is 10.8 Å². The number of primary amides is 1. The van der Waals surface area contributed by atoms with Crippen LogP contribution in [0.4, 0.5) is 0 Å². The van der Waals surface area contributed by atoms with E-state index in [1.165, 1.54) is 6.07 Å². The van der Waals surface area contributed by atoms with Gasteiger partial charge in [-0.1, -0.05) is 17.6 Å². The minimum atomic E-state index is -1.08. The zero-order valence-electron chi connectivity index (χ0n) is 8.07. The van der Waals surface area contributed by atoms with Gasteiger partial charge in [0.25, 0.3) is 5.91 Å². The lowest BCUT2D eigenvalue weighted by atomic mass is 10.1. The van der Waals surface area contributed by atoms with E-state index in [0.717, 1.165) is 5.56 Å². The zero-order chi connectivity index (χ0) is 11.4. The van der Waals surface area contributed by atoms with Crippen LogP contribution in [0.1, 0.15) is 21.5 Å². The fraction of sp³-hybridized carbons (Fsp3) is 0.0909. The van der Waals surface area contributed by atoms with Crippen LogP contribution in [0.5, 0.6) is 0 Å². The number of benzene rings is 1. The molecule has 0 aromatic heterocycles. The Balaban J connectivity index is 3.25. The van der Waals surface area contributed by atoms with Crippen LogP contribution < -0.4 is 5.73 Å². The summed E-state index contributed by atoms with van der Waals surface area (Å²) < 4.78 is 0. The molecular formula is C11H9NO3. The fourth-order valence-electron chi connectivity index (χ4n) is 1.07. The number of carbonyl (C=O) groups excluding carboxylic acids is 1. The second kappa shape index (κ2) is 4.29. The standard InChI is InChI=1S/C11H9NO3/c1-7-2-3-8(4-5-10(12)13)9(6-7)11(14)15/h2-3,6H,1H3,(H2,12,13)(H,14,15). The summed E-state index contributed by atoms with van der Waals surface area (Å²) in [6, 6.07) is 4.76. The zero-order valence-corrected chi connectivity index (χ0v) is 8.07. The van der Waals surface area contributed by atoms with Crippen LogP contribution in [0.2, 0.25) is 0 Å². The molecule has 0 heterocycles. The molecule has 76 valence electrons. The van der Waals surface area contributed by atoms with E-state index < -0.39 is 11.9 Å². The summed E-state index contributed by atoms with van der Waals surface area (Å²) in [7, 11) is 0. The number of rotatable bonds is 1. The van der Waals surface area contributed by atoms with Crippen LogP contribution in [0, 0.1) is 18.8 Å². The predicted molar refractivity (Wildman–Crippen MR) is 54.2 cm³/mol. The minimum absolute atomic E-state index is 0.0729. The van der Waals surface area contributed by atoms with Crippen molar-refractivity contribution in [1.29, 1.82) is 0 Å². The fourth-order valence-corrected chi connectivity index (χ4v) is 1.07. The van der Waals surface area contributed by atoms with Gasteiger partial charge in [0.2, 0.25) is 0 Å². The SMILES string of the molecule is Cc1ccc(C#CC(N)=O)c(C(=O)O)c1. The number of aromatic carboxylic acids is 1. The van der Waals surface area contributed by atoms with Crippen LogP contribution in [-0.4, -0.2) is 17.0 Å². The molecule has 4 heteroatoms. The molecule has 0 aliphatic carbocycles. The lowest BCUT2D eigenvalue weighted by molar-refractivity contribution is -0.112. The van der Waals surface area contributed by atoms with E-state index >= 15 is 0 Å². The number of carboxylic acids is 1. The maximum atomic E-state index is 10.8. The molecule has 15 heavy (non-hydrogen) atoms. The summed E-state index contributed by atoms with van der Waals surface area (Å²) in [4.78, 5) is 21.3. The van der Waals surface area contributed by atoms with Gasteiger partial charge in [0.1, 0.15) is 0 Å². The molecule has 0 aliphatic heterocycles. The highest BCUT2D eigenvalue weighted by atomic mass is 16.4. The van der Waals surface area contributed by atoms with Crippen LogP contribution in [0.25, 0.3) is 0 Å². The van der Waals surface area contributed by atoms with Crippen molar-refractivity contribution in [1.82, 2.24) is 0 Å². The molecule has 1 aromatic rings. The van der Waals surface area contributed by atoms with Crippen LogP contribution in [0.15, 0.2) is 18.2 Å². The normalized spacial score (nSPS) is 8.87. The molecule has 1 aromatic carbocycles. The lowest BCUT2D eigenvalue weighted by Crippen LogP contribution is -2.07. The van der Waals surface area contributed by atoms with E-state index in [9.17, 15) is 9.59 Å². The molecule has 4 nitrogen and oxygen atoms in total. The molecule has 0 saturated heterocycles. The highest BCUT2D eigenvalue weighted by molar-refractivity contribution is 5.95. The van der Waals surface area contributed by atoms with Crippen molar-refractivity contribution in [2.75, 3.05) is 0 Å². The van der Waals surface area contributed by atoms with Gasteiger partial charge in [-0.3, -0.25) is 4.79 Å². The van der Waals surface area contributed by atoms with Gasteiger partial charge in [-0.15, -0.1) is 0 Å². The van der Waals surface area contributed by atoms with Gasteiger partial charge >= 0.3 is 5.97 Å². The molecule has 0 saturated carbocycles. The van der Waals surface area contributed by atoms with Gasteiger partial charge in [0.15, 0.2) is 0 Å². The summed E-state index contributed by atoms with van der Waals surface area (Å²) >= 11 is 0. The van der Waals surface area contributed by atoms with Gasteiger partial charge in [-0.05, 0) is 19.1 Å². The first-order valence-corrected chi connectivity index (χ1v) is 4.16. The second-order valence-corrected chi connectivity index (χ2v) is 2.97. The van der Waals surface area contributed by atoms with Crippen molar-refractivity contribution >= 4 is 11.9 Å². The number of hydrogen-bond acceptors (Lipinski definition) is 2. The van der Waals surface area contributed by atoms with Gasteiger partial charge in [0.05, 0.1) is 5.56 Å². The number of hydrogen-bond donors (Lipinski definition) is 2. The quantitative estimate of drug-likeness (QED) is 0.653. The molecule has 0 bridgehead atoms. The number of nitrogens with two attached hydrogens (primary N) is 1. The maximum absolute atomic E-state index is 10.8. The molecule has 0 spiro atoms. The molecule has 1 amide bonds. The van der Waals surface area contributed by atoms with Crippen LogP contribution in [0.3, 0.4) is 0 Å². The van der Waals surface area contributed by atoms with E-state index in [0.29, 0.717) is 0 Å². The summed E-state index contributed by atoms with van der Waals surface area (Å²) in [5.41, 5.74) is 6.01. The molecule has 3 N–H and O–H groups in total. The predicted octanol–water partition coefficient (Wildman–Crippen LogP) is 0.530. The Kier molecular flexibility index (Phi) is 3.09. The molecule has 0 radical (unpaired) electrons. The number of carboxylic acid groups (broad SMARTS) is 1. The third-order valence-corrected chi connectivity index (χ3v) is 1.73. The average Bonchev–Trinajstić information content (AvgIpc) is 2.15.